The number of nitrogens with two attached hydrogens (primary N) is 2. The first kappa shape index (κ1) is 74.9. The van der Waals surface area contributed by atoms with Gasteiger partial charge in [0.25, 0.3) is 5.91 Å². The van der Waals surface area contributed by atoms with E-state index in [1.165, 1.54) is 0 Å². The molecule has 1 saturated heterocycles. The second-order valence-electron chi connectivity index (χ2n) is 22.5. The average molecular weight is 1380 g/mol. The summed E-state index contributed by atoms with van der Waals surface area (Å²) >= 11 is 0. The van der Waals surface area contributed by atoms with Gasteiger partial charge < -0.3 is 67.9 Å². The number of unbranched alkanes of at least 4 members (excludes halogenated alkanes) is 4. The van der Waals surface area contributed by atoms with Crippen LogP contribution in [0.25, 0.3) is 33.4 Å². The summed E-state index contributed by atoms with van der Waals surface area (Å²) in [7, 11) is -4.53. The molecule has 28 heteroatoms. The number of alkyl carbamates (subject to hydrolysis) is 1. The Labute approximate surface area is 566 Å². The third-order valence-electron chi connectivity index (χ3n) is 16.0. The number of carboxylic acids is 1. The number of fused-ring (bicyclic) bond motifs is 2. The van der Waals surface area contributed by atoms with Gasteiger partial charge in [-0.2, -0.15) is 13.2 Å². The molecular weight excluding hydrogens is 1300 g/mol. The molecule has 518 valence electrons. The van der Waals surface area contributed by atoms with Gasteiger partial charge in [0.15, 0.2) is 17.5 Å². The lowest BCUT2D eigenvalue weighted by molar-refractivity contribution is -0.192. The molecule has 3 aliphatic rings. The Morgan fingerprint density at radius 1 is 0.753 bits per heavy atom. The van der Waals surface area contributed by atoms with Crippen molar-refractivity contribution >= 4 is 59.8 Å². The number of para-hydroxylation sites is 2. The third-order valence-corrected chi connectivity index (χ3v) is 17.6. The number of carbonyl (C=O) groups is 4. The minimum atomic E-state index is -5.08. The van der Waals surface area contributed by atoms with E-state index in [0.29, 0.717) is 68.8 Å². The van der Waals surface area contributed by atoms with Crippen LogP contribution < -0.4 is 53.8 Å². The summed E-state index contributed by atoms with van der Waals surface area (Å²) in [6.07, 6.45) is 1.80. The third kappa shape index (κ3) is 21.5. The molecule has 3 heterocycles. The maximum absolute atomic E-state index is 14.7. The van der Waals surface area contributed by atoms with Crippen LogP contribution in [0.5, 0.6) is 11.5 Å². The van der Waals surface area contributed by atoms with Crippen LogP contribution in [0.4, 0.5) is 29.3 Å². The molecule has 23 nitrogen and oxygen atoms in total. The van der Waals surface area contributed by atoms with Crippen LogP contribution in [0, 0.1) is 0 Å². The molecule has 1 aromatic heterocycles. The molecule has 2 aliphatic heterocycles. The number of guanidine groups is 1. The van der Waals surface area contributed by atoms with E-state index in [-0.39, 0.29) is 54.7 Å². The van der Waals surface area contributed by atoms with Crippen LogP contribution in [0.15, 0.2) is 161 Å². The predicted molar refractivity (Wildman–Crippen MR) is 358 cm³/mol. The fourth-order valence-electron chi connectivity index (χ4n) is 10.9. The number of benzene rings is 6. The van der Waals surface area contributed by atoms with E-state index in [0.717, 1.165) is 108 Å². The fourth-order valence-corrected chi connectivity index (χ4v) is 12.2. The van der Waals surface area contributed by atoms with Crippen LogP contribution in [0.1, 0.15) is 94.3 Å². The number of carboxylic acid groups (broad SMARTS) is 1. The van der Waals surface area contributed by atoms with E-state index in [9.17, 15) is 32.1 Å². The molecule has 0 spiro atoms. The number of amides is 3. The van der Waals surface area contributed by atoms with Crippen LogP contribution in [-0.2, 0) is 47.6 Å². The lowest BCUT2D eigenvalue weighted by atomic mass is 9.90. The predicted octanol–water partition coefficient (Wildman–Crippen LogP) is 8.76. The zero-order valence-corrected chi connectivity index (χ0v) is 56.2. The van der Waals surface area contributed by atoms with Gasteiger partial charge in [0.05, 0.1) is 24.1 Å². The molecule has 0 radical (unpaired) electrons. The van der Waals surface area contributed by atoms with Crippen molar-refractivity contribution < 1.29 is 82.7 Å². The number of aliphatic carboxylic acids is 1. The van der Waals surface area contributed by atoms with Crippen molar-refractivity contribution in [3.8, 4) is 33.9 Å². The topological polar surface area (TPSA) is 285 Å². The number of hydrogen-bond acceptors (Lipinski definition) is 15. The molecule has 3 amide bonds. The second kappa shape index (κ2) is 36.6. The van der Waals surface area contributed by atoms with Crippen molar-refractivity contribution in [3.05, 3.63) is 174 Å². The highest BCUT2D eigenvalue weighted by atomic mass is 35.5. The Bertz CT molecular complexity index is 3930. The molecule has 6 aromatic rings. The van der Waals surface area contributed by atoms with Gasteiger partial charge in [-0.3, -0.25) is 18.8 Å². The first-order chi connectivity index (χ1) is 46.3. The van der Waals surface area contributed by atoms with E-state index >= 15 is 0 Å². The fraction of sp³-hybridized carbons (Fsp3) is 0.362. The largest absolute Gasteiger partial charge is 1.00 e. The molecular formula is C69H82ClF3N11O12P. The number of alkyl halides is 3. The average Bonchev–Trinajstić information content (AvgIpc) is 1.19. The van der Waals surface area contributed by atoms with E-state index in [1.54, 1.807) is 84.9 Å². The number of nitrogens with one attached hydrogen (secondary N) is 1. The number of aromatic nitrogens is 3. The molecule has 0 saturated carbocycles. The number of anilines is 1. The molecule has 5 aromatic carbocycles. The Balaban J connectivity index is 0.00000157. The number of nitrogens with zero attached hydrogens (tertiary/aromatic N) is 8. The summed E-state index contributed by atoms with van der Waals surface area (Å²) in [6.45, 7) is 14.7. The van der Waals surface area contributed by atoms with Gasteiger partial charge in [-0.05, 0) is 125 Å². The molecule has 9 rings (SSSR count). The van der Waals surface area contributed by atoms with Crippen molar-refractivity contribution in [2.75, 3.05) is 63.9 Å². The highest BCUT2D eigenvalue weighted by Gasteiger charge is 2.43. The maximum atomic E-state index is 14.7. The van der Waals surface area contributed by atoms with Crippen LogP contribution in [0.3, 0.4) is 0 Å². The van der Waals surface area contributed by atoms with E-state index in [2.05, 4.69) is 94.2 Å². The number of halogens is 4. The maximum Gasteiger partial charge on any atom is 0.490 e. The lowest BCUT2D eigenvalue weighted by Gasteiger charge is -2.35. The van der Waals surface area contributed by atoms with E-state index in [4.69, 9.17) is 49.6 Å². The molecule has 1 atom stereocenters. The smallest absolute Gasteiger partial charge is 0.490 e. The summed E-state index contributed by atoms with van der Waals surface area (Å²) in [5.41, 5.74) is 18.2. The normalized spacial score (nSPS) is 12.6. The molecule has 6 N–H and O–H groups in total. The zero-order valence-electron chi connectivity index (χ0n) is 54.6. The Kier molecular flexibility index (Phi) is 28.2. The van der Waals surface area contributed by atoms with Gasteiger partial charge in [0, 0.05) is 105 Å². The molecule has 1 unspecified atom stereocenters. The van der Waals surface area contributed by atoms with E-state index < -0.39 is 31.6 Å². The van der Waals surface area contributed by atoms with Crippen LogP contribution >= 0.6 is 7.60 Å². The monoisotopic (exact) mass is 1380 g/mol. The van der Waals surface area contributed by atoms with Crippen molar-refractivity contribution in [1.29, 1.82) is 0 Å². The first-order valence-electron chi connectivity index (χ1n) is 32.0. The minimum absolute atomic E-state index is 0. The first-order valence-corrected chi connectivity index (χ1v) is 33.6. The summed E-state index contributed by atoms with van der Waals surface area (Å²) in [5, 5.41) is 20.4. The van der Waals surface area contributed by atoms with Crippen LogP contribution in [-0.4, -0.2) is 131 Å². The highest BCUT2D eigenvalue weighted by molar-refractivity contribution is 7.54. The molecule has 1 fully saturated rings. The number of aliphatic imine (C=N–C) groups is 1. The van der Waals surface area contributed by atoms with Crippen molar-refractivity contribution in [1.82, 2.24) is 34.7 Å². The van der Waals surface area contributed by atoms with E-state index in [1.807, 2.05) is 44.9 Å². The lowest BCUT2D eigenvalue weighted by Crippen LogP contribution is -3.00. The summed E-state index contributed by atoms with van der Waals surface area (Å²) < 4.78 is 73.8. The number of aryl methyl sites for hydroxylation is 2. The van der Waals surface area contributed by atoms with Gasteiger partial charge in [-0.15, -0.1) is 5.10 Å². The highest BCUT2D eigenvalue weighted by Crippen LogP contribution is 2.54. The number of hydrogen-bond donors (Lipinski definition) is 4. The molecule has 1 aliphatic carbocycles. The van der Waals surface area contributed by atoms with Crippen molar-refractivity contribution in [2.24, 2.45) is 16.5 Å². The Morgan fingerprint density at radius 3 is 1.98 bits per heavy atom. The SMILES string of the molecule is CCN(CC)c1ccc2c(-c3ccccc3C(=O)N3CCN(C(=O)CCCCCCCn4cc(CCCOC(=O)NC(Cc5ccc(N=C(N)N)cc5)P(=O)(OOc5ccccc5)OOc5ccccc5)nn4)CC3)c3ccc(=[N+](CC)CC)cc-3oc2c1.O=C(O)C(F)(F)F.[Cl-]. The molecule has 0 bridgehead atoms. The van der Waals surface area contributed by atoms with Crippen molar-refractivity contribution in [3.63, 3.8) is 0 Å². The van der Waals surface area contributed by atoms with Gasteiger partial charge >= 0.3 is 25.8 Å². The zero-order chi connectivity index (χ0) is 68.6. The quantitative estimate of drug-likeness (QED) is 0.00478. The Hall–Kier alpha value is -9.49. The number of ether oxygens (including phenoxy) is 1. The van der Waals surface area contributed by atoms with Gasteiger partial charge in [0.1, 0.15) is 30.2 Å². The number of rotatable bonds is 30. The standard InChI is InChI=1S/C67H80N11O10P.C2HF3O2.ClH/c1-5-74(6-2)52-35-37-58-60(46-52)84-61-47-53(75(7-3)8-4)36-38-59(61)64(58)56-28-19-20-29-57(56)65(80)77-42-40-76(41-43-77)63(79)30-18-10-9-11-21-39-78-48-51(72-73-78)23-22-44-83-67(81)71-62(45-49-31-33-50(34-32-49)70-66(68)69)89(82,87-85-54-24-14-12-15-25-54)88-86-55-26-16-13-17-27-55;3-2(4,5)1(6)7;/h12-17,19-20,24-29,31-38,46-48,62H,5-11,18,21-23,30,39-45H2,1-4H3,(H4-,68,69,70,71,81);(H,6,7);1H. The summed E-state index contributed by atoms with van der Waals surface area (Å²) in [5.74, 6) is -2.95. The summed E-state index contributed by atoms with van der Waals surface area (Å²) in [4.78, 5) is 71.4. The summed E-state index contributed by atoms with van der Waals surface area (Å²) in [6, 6.07) is 44.2. The Morgan fingerprint density at radius 2 is 1.36 bits per heavy atom. The second-order valence-corrected chi connectivity index (χ2v) is 24.5. The van der Waals surface area contributed by atoms with Gasteiger partial charge in [-0.1, -0.05) is 101 Å². The van der Waals surface area contributed by atoms with Gasteiger partial charge in [0.2, 0.25) is 11.3 Å². The number of carbonyl (C=O) groups excluding carboxylic acids is 3. The molecule has 97 heavy (non-hydrogen) atoms. The van der Waals surface area contributed by atoms with Gasteiger partial charge in [-0.25, -0.2) is 19.2 Å². The van der Waals surface area contributed by atoms with Crippen LogP contribution in [0.2, 0.25) is 0 Å². The number of piperazine rings is 1. The minimum Gasteiger partial charge on any atom is -1.00 e. The van der Waals surface area contributed by atoms with Crippen molar-refractivity contribution in [2.45, 2.75) is 104 Å².